The summed E-state index contributed by atoms with van der Waals surface area (Å²) in [5.41, 5.74) is 0.732. The van der Waals surface area contributed by atoms with E-state index in [1.807, 2.05) is 18.2 Å². The van der Waals surface area contributed by atoms with Gasteiger partial charge in [0.05, 0.1) is 16.4 Å². The minimum absolute atomic E-state index is 0. The van der Waals surface area contributed by atoms with Crippen molar-refractivity contribution in [3.8, 4) is 11.5 Å². The van der Waals surface area contributed by atoms with E-state index in [2.05, 4.69) is 10.6 Å². The summed E-state index contributed by atoms with van der Waals surface area (Å²) >= 11 is 7.04. The Balaban J connectivity index is 0.00000245. The van der Waals surface area contributed by atoms with Gasteiger partial charge in [0.2, 0.25) is 6.79 Å². The Hall–Kier alpha value is -1.56. The first-order valence-corrected chi connectivity index (χ1v) is 12.8. The van der Waals surface area contributed by atoms with E-state index in [0.717, 1.165) is 40.8 Å². The molecule has 0 saturated carbocycles. The van der Waals surface area contributed by atoms with Crippen molar-refractivity contribution in [1.82, 2.24) is 14.9 Å². The third kappa shape index (κ3) is 4.44. The van der Waals surface area contributed by atoms with Gasteiger partial charge in [-0.2, -0.15) is 4.31 Å². The molecule has 12 heteroatoms. The third-order valence-corrected chi connectivity index (χ3v) is 9.51. The first-order chi connectivity index (χ1) is 15.0. The molecule has 0 amide bonds. The lowest BCUT2D eigenvalue weighted by Gasteiger charge is -2.44. The van der Waals surface area contributed by atoms with E-state index in [1.54, 1.807) is 16.4 Å². The van der Waals surface area contributed by atoms with Gasteiger partial charge >= 0.3 is 0 Å². The van der Waals surface area contributed by atoms with Crippen molar-refractivity contribution in [3.63, 3.8) is 0 Å². The minimum Gasteiger partial charge on any atom is -0.454 e. The van der Waals surface area contributed by atoms with Gasteiger partial charge in [-0.05, 0) is 42.7 Å². The summed E-state index contributed by atoms with van der Waals surface area (Å²) in [5, 5.41) is 7.09. The van der Waals surface area contributed by atoms with Gasteiger partial charge in [0.25, 0.3) is 10.0 Å². The molecule has 0 atom stereocenters. The zero-order chi connectivity index (χ0) is 21.5. The maximum atomic E-state index is 12.9. The summed E-state index contributed by atoms with van der Waals surface area (Å²) in [7, 11) is -3.52. The largest absolute Gasteiger partial charge is 0.454 e. The number of amidine groups is 1. The summed E-state index contributed by atoms with van der Waals surface area (Å²) in [6, 6.07) is 9.09. The van der Waals surface area contributed by atoms with Crippen LogP contribution in [0.3, 0.4) is 0 Å². The molecule has 1 fully saturated rings. The fourth-order valence-corrected chi connectivity index (χ4v) is 7.32. The predicted octanol–water partition coefficient (Wildman–Crippen LogP) is 2.87. The number of piperidine rings is 1. The van der Waals surface area contributed by atoms with Crippen LogP contribution in [0, 0.1) is 0 Å². The molecule has 1 spiro atoms. The number of nitrogens with one attached hydrogen (secondary N) is 2. The van der Waals surface area contributed by atoms with Crippen molar-refractivity contribution < 1.29 is 17.9 Å². The molecule has 0 radical (unpaired) electrons. The Bertz CT molecular complexity index is 1110. The van der Waals surface area contributed by atoms with Gasteiger partial charge < -0.3 is 20.1 Å². The van der Waals surface area contributed by atoms with Crippen LogP contribution in [0.1, 0.15) is 18.4 Å². The number of fused-ring (bicyclic) bond motifs is 1. The van der Waals surface area contributed by atoms with Crippen LogP contribution in [0.5, 0.6) is 11.5 Å². The molecule has 5 rings (SSSR count). The molecule has 8 nitrogen and oxygen atoms in total. The normalized spacial score (nSPS) is 20.0. The molecule has 4 heterocycles. The average molecular weight is 519 g/mol. The molecule has 0 aliphatic carbocycles. The van der Waals surface area contributed by atoms with Crippen LogP contribution in [0.15, 0.2) is 39.5 Å². The van der Waals surface area contributed by atoms with Crippen molar-refractivity contribution in [2.45, 2.75) is 29.1 Å². The van der Waals surface area contributed by atoms with E-state index in [9.17, 15) is 8.42 Å². The molecule has 32 heavy (non-hydrogen) atoms. The van der Waals surface area contributed by atoms with E-state index in [1.165, 1.54) is 0 Å². The molecule has 1 aromatic carbocycles. The van der Waals surface area contributed by atoms with Crippen LogP contribution < -0.4 is 20.1 Å². The second kappa shape index (κ2) is 9.36. The lowest BCUT2D eigenvalue weighted by molar-refractivity contribution is 0.174. The van der Waals surface area contributed by atoms with Gasteiger partial charge in [-0.15, -0.1) is 23.7 Å². The molecule has 174 valence electrons. The fraction of sp³-hybridized carbons (Fsp3) is 0.450. The fourth-order valence-electron chi connectivity index (χ4n) is 4.25. The zero-order valence-corrected chi connectivity index (χ0v) is 20.4. The summed E-state index contributed by atoms with van der Waals surface area (Å²) < 4.78 is 39.0. The Morgan fingerprint density at radius 3 is 2.72 bits per heavy atom. The molecule has 2 N–H and O–H groups in total. The SMILES string of the molecule is Cl.O=S(=O)(c1ccc(Cl)s1)N1CCC2(CC1)NCCN=C2NCc1ccc2c(c1)OCO2. The Morgan fingerprint density at radius 2 is 1.97 bits per heavy atom. The van der Waals surface area contributed by atoms with Crippen LogP contribution in [0.25, 0.3) is 0 Å². The van der Waals surface area contributed by atoms with Crippen LogP contribution >= 0.6 is 35.3 Å². The van der Waals surface area contributed by atoms with Gasteiger partial charge in [0, 0.05) is 26.2 Å². The highest BCUT2D eigenvalue weighted by Crippen LogP contribution is 2.34. The number of benzene rings is 1. The van der Waals surface area contributed by atoms with Gasteiger partial charge in [-0.1, -0.05) is 17.7 Å². The van der Waals surface area contributed by atoms with Gasteiger partial charge in [-0.3, -0.25) is 4.99 Å². The maximum Gasteiger partial charge on any atom is 0.252 e. The number of hydrogen-bond acceptors (Lipinski definition) is 8. The Morgan fingerprint density at radius 1 is 1.19 bits per heavy atom. The molecule has 2 aromatic rings. The maximum absolute atomic E-state index is 12.9. The van der Waals surface area contributed by atoms with Crippen LogP contribution in [-0.2, 0) is 16.6 Å². The molecule has 1 aromatic heterocycles. The number of sulfonamides is 1. The number of thiophene rings is 1. The van der Waals surface area contributed by atoms with Crippen molar-refractivity contribution in [2.24, 2.45) is 4.99 Å². The summed E-state index contributed by atoms with van der Waals surface area (Å²) in [6.07, 6.45) is 1.30. The second-order valence-corrected chi connectivity index (χ2v) is 11.6. The Kier molecular flexibility index (Phi) is 6.90. The monoisotopic (exact) mass is 518 g/mol. The molecule has 3 aliphatic rings. The number of rotatable bonds is 4. The van der Waals surface area contributed by atoms with Crippen molar-refractivity contribution >= 4 is 51.2 Å². The standard InChI is InChI=1S/C20H23ClN4O4S2.ClH/c21-17-3-4-18(30-17)31(26,27)25-9-5-20(6-10-25)19(22-7-8-24-20)23-12-14-1-2-15-16(11-14)29-13-28-15;/h1-4,11,24H,5-10,12-13H2,(H,22,23);1H. The number of halogens is 2. The highest BCUT2D eigenvalue weighted by molar-refractivity contribution is 7.91. The van der Waals surface area contributed by atoms with E-state index in [-0.39, 0.29) is 24.7 Å². The number of nitrogens with zero attached hydrogens (tertiary/aromatic N) is 2. The zero-order valence-electron chi connectivity index (χ0n) is 17.2. The quantitative estimate of drug-likeness (QED) is 0.646. The smallest absolute Gasteiger partial charge is 0.252 e. The minimum atomic E-state index is -3.52. The Labute approximate surface area is 202 Å². The molecule has 0 bridgehead atoms. The average Bonchev–Trinajstić information content (AvgIpc) is 3.42. The molecule has 3 aliphatic heterocycles. The number of aliphatic imine (C=N–C) groups is 1. The highest BCUT2D eigenvalue weighted by atomic mass is 35.5. The predicted molar refractivity (Wildman–Crippen MR) is 127 cm³/mol. The first kappa shape index (κ1) is 23.6. The first-order valence-electron chi connectivity index (χ1n) is 10.1. The highest BCUT2D eigenvalue weighted by Gasteiger charge is 2.43. The topological polar surface area (TPSA) is 92.3 Å². The van der Waals surface area contributed by atoms with Gasteiger partial charge in [-0.25, -0.2) is 8.42 Å². The number of hydrogen-bond donors (Lipinski definition) is 2. The van der Waals surface area contributed by atoms with Crippen LogP contribution in [0.2, 0.25) is 4.34 Å². The van der Waals surface area contributed by atoms with Crippen molar-refractivity contribution in [3.05, 3.63) is 40.2 Å². The van der Waals surface area contributed by atoms with Gasteiger partial charge in [0.1, 0.15) is 10.0 Å². The van der Waals surface area contributed by atoms with Crippen LogP contribution in [0.4, 0.5) is 0 Å². The van der Waals surface area contributed by atoms with E-state index < -0.39 is 10.0 Å². The lowest BCUT2D eigenvalue weighted by Crippen LogP contribution is -2.64. The van der Waals surface area contributed by atoms with E-state index >= 15 is 0 Å². The molecular weight excluding hydrogens is 495 g/mol. The second-order valence-electron chi connectivity index (χ2n) is 7.74. The lowest BCUT2D eigenvalue weighted by atomic mass is 9.85. The summed E-state index contributed by atoms with van der Waals surface area (Å²) in [4.78, 5) is 4.75. The third-order valence-electron chi connectivity index (χ3n) is 5.91. The van der Waals surface area contributed by atoms with Crippen molar-refractivity contribution in [2.75, 3.05) is 33.0 Å². The van der Waals surface area contributed by atoms with E-state index in [0.29, 0.717) is 47.6 Å². The molecule has 1 saturated heterocycles. The number of ether oxygens (including phenoxy) is 2. The summed E-state index contributed by atoms with van der Waals surface area (Å²) in [6.45, 7) is 3.19. The molecular formula is C20H24Cl2N4O4S2. The van der Waals surface area contributed by atoms with Crippen molar-refractivity contribution in [1.29, 1.82) is 0 Å². The van der Waals surface area contributed by atoms with E-state index in [4.69, 9.17) is 26.1 Å². The molecule has 0 unspecified atom stereocenters. The van der Waals surface area contributed by atoms with Crippen LogP contribution in [-0.4, -0.2) is 57.1 Å². The summed E-state index contributed by atoms with van der Waals surface area (Å²) in [5.74, 6) is 2.41. The van der Waals surface area contributed by atoms with Gasteiger partial charge in [0.15, 0.2) is 11.5 Å².